The summed E-state index contributed by atoms with van der Waals surface area (Å²) in [4.78, 5) is 13.0. The summed E-state index contributed by atoms with van der Waals surface area (Å²) in [5.41, 5.74) is 6.83. The minimum absolute atomic E-state index is 0.276. The van der Waals surface area contributed by atoms with Crippen molar-refractivity contribution in [2.45, 2.75) is 27.2 Å². The van der Waals surface area contributed by atoms with E-state index < -0.39 is 0 Å². The van der Waals surface area contributed by atoms with E-state index in [1.54, 1.807) is 0 Å². The number of halogens is 1. The molecule has 0 saturated heterocycles. The number of nitrogens with zero attached hydrogens (tertiary/aromatic N) is 1. The van der Waals surface area contributed by atoms with E-state index in [0.717, 1.165) is 33.3 Å². The highest BCUT2D eigenvalue weighted by Crippen LogP contribution is 2.35. The Morgan fingerprint density at radius 1 is 1.12 bits per heavy atom. The standard InChI is InChI=1S/C20H19ClN2OS/c1-4-16(14-8-5-12(2)6-9-14)22-23-20(24)19-18(21)15-10-7-13(3)11-17(15)25-19/h5-11H,4H2,1-3H3,(H,23,24). The fourth-order valence-electron chi connectivity index (χ4n) is 2.58. The SMILES string of the molecule is CCC(=NNC(=O)c1sc2cc(C)ccc2c1Cl)c1ccc(C)cc1. The van der Waals surface area contributed by atoms with Gasteiger partial charge in [-0.15, -0.1) is 11.3 Å². The zero-order valence-corrected chi connectivity index (χ0v) is 16.0. The molecule has 0 fully saturated rings. The van der Waals surface area contributed by atoms with Crippen LogP contribution in [0.25, 0.3) is 10.1 Å². The average molecular weight is 371 g/mol. The lowest BCUT2D eigenvalue weighted by Crippen LogP contribution is -2.19. The van der Waals surface area contributed by atoms with E-state index in [1.807, 2.05) is 63.2 Å². The Kier molecular flexibility index (Phi) is 5.21. The Labute approximate surface area is 156 Å². The number of hydrogen-bond donors (Lipinski definition) is 1. The van der Waals surface area contributed by atoms with E-state index in [0.29, 0.717) is 9.90 Å². The molecule has 0 saturated carbocycles. The molecule has 128 valence electrons. The summed E-state index contributed by atoms with van der Waals surface area (Å²) in [6.07, 6.45) is 0.725. The summed E-state index contributed by atoms with van der Waals surface area (Å²) in [5, 5.41) is 5.70. The van der Waals surface area contributed by atoms with Crippen LogP contribution in [0.4, 0.5) is 0 Å². The van der Waals surface area contributed by atoms with Crippen molar-refractivity contribution in [2.24, 2.45) is 5.10 Å². The van der Waals surface area contributed by atoms with Gasteiger partial charge in [-0.1, -0.05) is 60.5 Å². The van der Waals surface area contributed by atoms with Crippen LogP contribution in [-0.4, -0.2) is 11.6 Å². The lowest BCUT2D eigenvalue weighted by Gasteiger charge is -2.05. The van der Waals surface area contributed by atoms with Gasteiger partial charge in [-0.2, -0.15) is 5.10 Å². The molecule has 1 aromatic heterocycles. The zero-order chi connectivity index (χ0) is 18.0. The summed E-state index contributed by atoms with van der Waals surface area (Å²) in [5.74, 6) is -0.276. The third kappa shape index (κ3) is 3.75. The van der Waals surface area contributed by atoms with Crippen molar-refractivity contribution < 1.29 is 4.79 Å². The van der Waals surface area contributed by atoms with Gasteiger partial charge < -0.3 is 0 Å². The molecule has 2 aromatic carbocycles. The van der Waals surface area contributed by atoms with Gasteiger partial charge in [-0.3, -0.25) is 4.79 Å². The number of nitrogens with one attached hydrogen (secondary N) is 1. The van der Waals surface area contributed by atoms with Crippen molar-refractivity contribution in [3.63, 3.8) is 0 Å². The lowest BCUT2D eigenvalue weighted by molar-refractivity contribution is 0.0959. The first-order valence-corrected chi connectivity index (χ1v) is 9.31. The topological polar surface area (TPSA) is 41.5 Å². The molecule has 0 spiro atoms. The highest BCUT2D eigenvalue weighted by atomic mass is 35.5. The van der Waals surface area contributed by atoms with Gasteiger partial charge in [0.15, 0.2) is 0 Å². The number of hydrazone groups is 1. The second-order valence-electron chi connectivity index (χ2n) is 5.96. The summed E-state index contributed by atoms with van der Waals surface area (Å²) in [6, 6.07) is 14.1. The third-order valence-corrected chi connectivity index (χ3v) is 5.66. The van der Waals surface area contributed by atoms with Crippen LogP contribution in [0, 0.1) is 13.8 Å². The molecule has 0 atom stereocenters. The van der Waals surface area contributed by atoms with Gasteiger partial charge in [0, 0.05) is 10.1 Å². The van der Waals surface area contributed by atoms with Crippen LogP contribution < -0.4 is 5.43 Å². The van der Waals surface area contributed by atoms with Crippen molar-refractivity contribution in [3.05, 3.63) is 69.1 Å². The number of rotatable bonds is 4. The highest BCUT2D eigenvalue weighted by Gasteiger charge is 2.17. The quantitative estimate of drug-likeness (QED) is 0.463. The monoisotopic (exact) mass is 370 g/mol. The van der Waals surface area contributed by atoms with Crippen LogP contribution >= 0.6 is 22.9 Å². The fourth-order valence-corrected chi connectivity index (χ4v) is 4.09. The van der Waals surface area contributed by atoms with Crippen molar-refractivity contribution >= 4 is 44.6 Å². The first-order chi connectivity index (χ1) is 12.0. The molecule has 5 heteroatoms. The van der Waals surface area contributed by atoms with Crippen LogP contribution in [0.1, 0.15) is 39.7 Å². The molecule has 25 heavy (non-hydrogen) atoms. The second-order valence-corrected chi connectivity index (χ2v) is 7.39. The molecule has 1 N–H and O–H groups in total. The minimum Gasteiger partial charge on any atom is -0.266 e. The van der Waals surface area contributed by atoms with Gasteiger partial charge in [-0.05, 0) is 37.5 Å². The molecule has 0 unspecified atom stereocenters. The smallest absolute Gasteiger partial charge is 0.266 e. The fraction of sp³-hybridized carbons (Fsp3) is 0.200. The molecule has 0 radical (unpaired) electrons. The Balaban J connectivity index is 1.86. The Morgan fingerprint density at radius 2 is 1.80 bits per heavy atom. The van der Waals surface area contributed by atoms with E-state index in [4.69, 9.17) is 11.6 Å². The van der Waals surface area contributed by atoms with Gasteiger partial charge in [-0.25, -0.2) is 5.43 Å². The maximum atomic E-state index is 12.5. The Hall–Kier alpha value is -2.17. The van der Waals surface area contributed by atoms with Crippen LogP contribution in [0.5, 0.6) is 0 Å². The maximum Gasteiger partial charge on any atom is 0.283 e. The highest BCUT2D eigenvalue weighted by molar-refractivity contribution is 7.21. The molecular formula is C20H19ClN2OS. The van der Waals surface area contributed by atoms with E-state index in [2.05, 4.69) is 10.5 Å². The van der Waals surface area contributed by atoms with E-state index >= 15 is 0 Å². The summed E-state index contributed by atoms with van der Waals surface area (Å²) in [6.45, 7) is 6.08. The second kappa shape index (κ2) is 7.38. The summed E-state index contributed by atoms with van der Waals surface area (Å²) >= 11 is 7.78. The first kappa shape index (κ1) is 17.6. The van der Waals surface area contributed by atoms with Crippen molar-refractivity contribution in [1.82, 2.24) is 5.43 Å². The van der Waals surface area contributed by atoms with Crippen LogP contribution in [0.15, 0.2) is 47.6 Å². The maximum absolute atomic E-state index is 12.5. The minimum atomic E-state index is -0.276. The zero-order valence-electron chi connectivity index (χ0n) is 14.4. The Morgan fingerprint density at radius 3 is 2.48 bits per heavy atom. The number of benzene rings is 2. The normalized spacial score (nSPS) is 11.8. The lowest BCUT2D eigenvalue weighted by atomic mass is 10.1. The summed E-state index contributed by atoms with van der Waals surface area (Å²) in [7, 11) is 0. The number of amides is 1. The molecule has 0 aliphatic heterocycles. The van der Waals surface area contributed by atoms with Gasteiger partial charge >= 0.3 is 0 Å². The van der Waals surface area contributed by atoms with Gasteiger partial charge in [0.05, 0.1) is 10.7 Å². The van der Waals surface area contributed by atoms with E-state index in [-0.39, 0.29) is 5.91 Å². The van der Waals surface area contributed by atoms with Crippen molar-refractivity contribution in [1.29, 1.82) is 0 Å². The predicted octanol–water partition coefficient (Wildman–Crippen LogP) is 5.72. The Bertz CT molecular complexity index is 958. The van der Waals surface area contributed by atoms with Gasteiger partial charge in [0.25, 0.3) is 5.91 Å². The predicted molar refractivity (Wildman–Crippen MR) is 107 cm³/mol. The molecule has 3 nitrogen and oxygen atoms in total. The van der Waals surface area contributed by atoms with Gasteiger partial charge in [0.1, 0.15) is 4.88 Å². The number of hydrogen-bond acceptors (Lipinski definition) is 3. The molecule has 1 heterocycles. The molecule has 1 amide bonds. The van der Waals surface area contributed by atoms with E-state index in [9.17, 15) is 4.79 Å². The van der Waals surface area contributed by atoms with Gasteiger partial charge in [0.2, 0.25) is 0 Å². The molecular weight excluding hydrogens is 352 g/mol. The van der Waals surface area contributed by atoms with Crippen molar-refractivity contribution in [3.8, 4) is 0 Å². The van der Waals surface area contributed by atoms with Crippen LogP contribution in [0.3, 0.4) is 0 Å². The number of thiophene rings is 1. The average Bonchev–Trinajstić information content (AvgIpc) is 2.92. The molecule has 0 aliphatic carbocycles. The number of aryl methyl sites for hydroxylation is 2. The molecule has 0 aliphatic rings. The summed E-state index contributed by atoms with van der Waals surface area (Å²) < 4.78 is 1.01. The molecule has 3 aromatic rings. The molecule has 0 bridgehead atoms. The number of carbonyl (C=O) groups excluding carboxylic acids is 1. The number of fused-ring (bicyclic) bond motifs is 1. The van der Waals surface area contributed by atoms with Crippen molar-refractivity contribution in [2.75, 3.05) is 0 Å². The van der Waals surface area contributed by atoms with Crippen LogP contribution in [0.2, 0.25) is 5.02 Å². The largest absolute Gasteiger partial charge is 0.283 e. The van der Waals surface area contributed by atoms with Crippen LogP contribution in [-0.2, 0) is 0 Å². The number of carbonyl (C=O) groups is 1. The molecule has 3 rings (SSSR count). The third-order valence-electron chi connectivity index (χ3n) is 4.00. The first-order valence-electron chi connectivity index (χ1n) is 8.12. The van der Waals surface area contributed by atoms with E-state index in [1.165, 1.54) is 16.9 Å².